The lowest BCUT2D eigenvalue weighted by Gasteiger charge is -2.36. The average molecular weight is 315 g/mol. The minimum atomic E-state index is -0.0619. The molecule has 1 amide bonds. The zero-order valence-electron chi connectivity index (χ0n) is 13.5. The van der Waals surface area contributed by atoms with E-state index in [1.54, 1.807) is 13.2 Å². The number of ether oxygens (including phenoxy) is 1. The fourth-order valence-corrected chi connectivity index (χ4v) is 2.78. The van der Waals surface area contributed by atoms with Gasteiger partial charge in [-0.15, -0.1) is 0 Å². The van der Waals surface area contributed by atoms with Gasteiger partial charge >= 0.3 is 0 Å². The SMILES string of the molecule is CCc1cc(C(=O)N2CCN(c3ccccc3OC)CC2)no1. The fraction of sp³-hybridized carbons (Fsp3) is 0.412. The van der Waals surface area contributed by atoms with Gasteiger partial charge < -0.3 is 19.1 Å². The highest BCUT2D eigenvalue weighted by atomic mass is 16.5. The molecule has 1 saturated heterocycles. The molecule has 23 heavy (non-hydrogen) atoms. The predicted molar refractivity (Wildman–Crippen MR) is 87.0 cm³/mol. The summed E-state index contributed by atoms with van der Waals surface area (Å²) < 4.78 is 10.5. The Morgan fingerprint density at radius 3 is 2.65 bits per heavy atom. The Morgan fingerprint density at radius 2 is 2.00 bits per heavy atom. The molecule has 0 unspecified atom stereocenters. The van der Waals surface area contributed by atoms with Crippen molar-refractivity contribution in [3.63, 3.8) is 0 Å². The second-order valence-corrected chi connectivity index (χ2v) is 5.48. The van der Waals surface area contributed by atoms with Crippen molar-refractivity contribution < 1.29 is 14.1 Å². The molecule has 0 atom stereocenters. The van der Waals surface area contributed by atoms with Crippen molar-refractivity contribution in [2.24, 2.45) is 0 Å². The lowest BCUT2D eigenvalue weighted by atomic mass is 10.2. The summed E-state index contributed by atoms with van der Waals surface area (Å²) in [5, 5.41) is 3.87. The number of nitrogens with zero attached hydrogens (tertiary/aromatic N) is 3. The van der Waals surface area contributed by atoms with Crippen molar-refractivity contribution >= 4 is 11.6 Å². The Hall–Kier alpha value is -2.50. The quantitative estimate of drug-likeness (QED) is 0.866. The Morgan fingerprint density at radius 1 is 1.26 bits per heavy atom. The highest BCUT2D eigenvalue weighted by Crippen LogP contribution is 2.28. The first-order valence-corrected chi connectivity index (χ1v) is 7.85. The van der Waals surface area contributed by atoms with Crippen LogP contribution in [0, 0.1) is 0 Å². The lowest BCUT2D eigenvalue weighted by Crippen LogP contribution is -2.49. The third kappa shape index (κ3) is 3.16. The molecule has 3 rings (SSSR count). The van der Waals surface area contributed by atoms with E-state index in [-0.39, 0.29) is 5.91 Å². The molecule has 6 nitrogen and oxygen atoms in total. The molecule has 0 aliphatic carbocycles. The zero-order chi connectivity index (χ0) is 16.2. The summed E-state index contributed by atoms with van der Waals surface area (Å²) in [4.78, 5) is 16.5. The molecule has 122 valence electrons. The first-order valence-electron chi connectivity index (χ1n) is 7.85. The smallest absolute Gasteiger partial charge is 0.276 e. The number of amides is 1. The van der Waals surface area contributed by atoms with Gasteiger partial charge in [0, 0.05) is 38.7 Å². The largest absolute Gasteiger partial charge is 0.495 e. The Bertz CT molecular complexity index is 675. The van der Waals surface area contributed by atoms with Crippen LogP contribution < -0.4 is 9.64 Å². The van der Waals surface area contributed by atoms with E-state index in [2.05, 4.69) is 10.1 Å². The summed E-state index contributed by atoms with van der Waals surface area (Å²) in [5.74, 6) is 1.53. The molecule has 2 heterocycles. The van der Waals surface area contributed by atoms with E-state index < -0.39 is 0 Å². The summed E-state index contributed by atoms with van der Waals surface area (Å²) in [7, 11) is 1.68. The van der Waals surface area contributed by atoms with Crippen LogP contribution in [0.15, 0.2) is 34.9 Å². The molecule has 1 aliphatic rings. The molecule has 0 N–H and O–H groups in total. The highest BCUT2D eigenvalue weighted by molar-refractivity contribution is 5.92. The fourth-order valence-electron chi connectivity index (χ4n) is 2.78. The van der Waals surface area contributed by atoms with E-state index >= 15 is 0 Å². The molecular formula is C17H21N3O3. The molecule has 6 heteroatoms. The Kier molecular flexibility index (Phi) is 4.50. The van der Waals surface area contributed by atoms with Crippen LogP contribution in [0.1, 0.15) is 23.2 Å². The second kappa shape index (κ2) is 6.73. The molecule has 0 bridgehead atoms. The van der Waals surface area contributed by atoms with Crippen molar-refractivity contribution in [3.05, 3.63) is 41.8 Å². The summed E-state index contributed by atoms with van der Waals surface area (Å²) in [6.07, 6.45) is 0.738. The van der Waals surface area contributed by atoms with Gasteiger partial charge in [0.2, 0.25) is 0 Å². The number of methoxy groups -OCH3 is 1. The zero-order valence-corrected chi connectivity index (χ0v) is 13.5. The topological polar surface area (TPSA) is 58.8 Å². The number of para-hydroxylation sites is 2. The summed E-state index contributed by atoms with van der Waals surface area (Å²) >= 11 is 0. The first kappa shape index (κ1) is 15.4. The summed E-state index contributed by atoms with van der Waals surface area (Å²) in [6, 6.07) is 9.68. The van der Waals surface area contributed by atoms with Gasteiger partial charge in [-0.3, -0.25) is 4.79 Å². The normalized spacial score (nSPS) is 14.9. The molecule has 1 aromatic heterocycles. The van der Waals surface area contributed by atoms with Gasteiger partial charge in [-0.2, -0.15) is 0 Å². The average Bonchev–Trinajstić information content (AvgIpc) is 3.10. The number of hydrogen-bond donors (Lipinski definition) is 0. The maximum atomic E-state index is 12.5. The third-order valence-corrected chi connectivity index (χ3v) is 4.12. The maximum Gasteiger partial charge on any atom is 0.276 e. The number of rotatable bonds is 4. The van der Waals surface area contributed by atoms with Crippen molar-refractivity contribution in [1.29, 1.82) is 0 Å². The maximum absolute atomic E-state index is 12.5. The molecule has 0 spiro atoms. The van der Waals surface area contributed by atoms with Gasteiger partial charge in [0.15, 0.2) is 5.69 Å². The van der Waals surface area contributed by atoms with Gasteiger partial charge in [-0.1, -0.05) is 24.2 Å². The van der Waals surface area contributed by atoms with Gasteiger partial charge in [-0.25, -0.2) is 0 Å². The number of carbonyl (C=O) groups excluding carboxylic acids is 1. The first-order chi connectivity index (χ1) is 11.2. The number of anilines is 1. The predicted octanol–water partition coefficient (Wildman–Crippen LogP) is 2.21. The highest BCUT2D eigenvalue weighted by Gasteiger charge is 2.25. The van der Waals surface area contributed by atoms with Crippen LogP contribution in [-0.2, 0) is 6.42 Å². The number of aryl methyl sites for hydroxylation is 1. The van der Waals surface area contributed by atoms with E-state index in [1.165, 1.54) is 0 Å². The van der Waals surface area contributed by atoms with Crippen molar-refractivity contribution in [1.82, 2.24) is 10.1 Å². The molecule has 1 aliphatic heterocycles. The van der Waals surface area contributed by atoms with Crippen molar-refractivity contribution in [2.75, 3.05) is 38.2 Å². The van der Waals surface area contributed by atoms with Gasteiger partial charge in [0.25, 0.3) is 5.91 Å². The molecular weight excluding hydrogens is 294 g/mol. The Balaban J connectivity index is 1.65. The van der Waals surface area contributed by atoms with Crippen LogP contribution in [0.3, 0.4) is 0 Å². The van der Waals surface area contributed by atoms with E-state index in [1.807, 2.05) is 36.1 Å². The molecule has 1 fully saturated rings. The molecule has 0 radical (unpaired) electrons. The number of carbonyl (C=O) groups is 1. The van der Waals surface area contributed by atoms with Gasteiger partial charge in [0.05, 0.1) is 12.8 Å². The van der Waals surface area contributed by atoms with E-state index in [4.69, 9.17) is 9.26 Å². The van der Waals surface area contributed by atoms with Crippen molar-refractivity contribution in [2.45, 2.75) is 13.3 Å². The molecule has 2 aromatic rings. The van der Waals surface area contributed by atoms with Gasteiger partial charge in [-0.05, 0) is 12.1 Å². The van der Waals surface area contributed by atoms with Crippen LogP contribution in [0.5, 0.6) is 5.75 Å². The number of benzene rings is 1. The van der Waals surface area contributed by atoms with Crippen LogP contribution in [0.4, 0.5) is 5.69 Å². The molecule has 1 aromatic carbocycles. The minimum absolute atomic E-state index is 0.0619. The van der Waals surface area contributed by atoms with E-state index in [9.17, 15) is 4.79 Å². The van der Waals surface area contributed by atoms with Crippen LogP contribution >= 0.6 is 0 Å². The summed E-state index contributed by atoms with van der Waals surface area (Å²) in [5.41, 5.74) is 1.46. The number of aromatic nitrogens is 1. The number of hydrogen-bond acceptors (Lipinski definition) is 5. The lowest BCUT2D eigenvalue weighted by molar-refractivity contribution is 0.0736. The van der Waals surface area contributed by atoms with Crippen LogP contribution in [-0.4, -0.2) is 49.3 Å². The number of piperazine rings is 1. The van der Waals surface area contributed by atoms with Crippen LogP contribution in [0.25, 0.3) is 0 Å². The van der Waals surface area contributed by atoms with Crippen molar-refractivity contribution in [3.8, 4) is 5.75 Å². The second-order valence-electron chi connectivity index (χ2n) is 5.48. The van der Waals surface area contributed by atoms with E-state index in [0.717, 1.165) is 36.7 Å². The van der Waals surface area contributed by atoms with E-state index in [0.29, 0.717) is 18.8 Å². The van der Waals surface area contributed by atoms with Crippen LogP contribution in [0.2, 0.25) is 0 Å². The minimum Gasteiger partial charge on any atom is -0.495 e. The Labute approximate surface area is 135 Å². The standard InChI is InChI=1S/C17H21N3O3/c1-3-13-12-14(18-23-13)17(21)20-10-8-19(9-11-20)15-6-4-5-7-16(15)22-2/h4-7,12H,3,8-11H2,1-2H3. The monoisotopic (exact) mass is 315 g/mol. The van der Waals surface area contributed by atoms with Gasteiger partial charge in [0.1, 0.15) is 11.5 Å². The molecule has 0 saturated carbocycles. The third-order valence-electron chi connectivity index (χ3n) is 4.12. The summed E-state index contributed by atoms with van der Waals surface area (Å²) in [6.45, 7) is 4.83.